The van der Waals surface area contributed by atoms with Gasteiger partial charge in [0.05, 0.1) is 29.2 Å². The van der Waals surface area contributed by atoms with E-state index in [4.69, 9.17) is 4.98 Å². The van der Waals surface area contributed by atoms with E-state index in [-0.39, 0.29) is 0 Å². The van der Waals surface area contributed by atoms with Crippen molar-refractivity contribution in [3.8, 4) is 11.5 Å². The third kappa shape index (κ3) is 2.57. The summed E-state index contributed by atoms with van der Waals surface area (Å²) in [5.41, 5.74) is 4.50. The number of nitrogens with zero attached hydrogens (tertiary/aromatic N) is 7. The smallest absolute Gasteiger partial charge is 0.180 e. The maximum absolute atomic E-state index is 4.88. The van der Waals surface area contributed by atoms with Crippen LogP contribution in [0.15, 0.2) is 42.9 Å². The summed E-state index contributed by atoms with van der Waals surface area (Å²) >= 11 is 0. The van der Waals surface area contributed by atoms with Gasteiger partial charge in [0, 0.05) is 32.0 Å². The number of nitrogens with one attached hydrogen (secondary N) is 1. The molecule has 0 radical (unpaired) electrons. The van der Waals surface area contributed by atoms with Crippen LogP contribution >= 0.6 is 0 Å². The van der Waals surface area contributed by atoms with Crippen molar-refractivity contribution in [3.05, 3.63) is 48.5 Å². The third-order valence-electron chi connectivity index (χ3n) is 4.82. The van der Waals surface area contributed by atoms with Gasteiger partial charge in [0.2, 0.25) is 0 Å². The molecule has 4 aromatic heterocycles. The van der Waals surface area contributed by atoms with Crippen LogP contribution in [0.2, 0.25) is 0 Å². The SMILES string of the molecule is Cc1cccc(-c2ncc3c(n2)N(c2ccnc4[nH]ncc24)CCN3C)n1. The summed E-state index contributed by atoms with van der Waals surface area (Å²) < 4.78 is 0. The monoisotopic (exact) mass is 358 g/mol. The standard InChI is InChI=1S/C19H18N8/c1-12-4-3-5-14(23-12)18-21-11-16-19(24-18)27(9-8-26(16)2)15-6-7-20-17-13(15)10-22-25-17/h3-7,10-11H,8-9H2,1-2H3,(H,20,22,25). The van der Waals surface area contributed by atoms with Crippen LogP contribution in [0.3, 0.4) is 0 Å². The first kappa shape index (κ1) is 15.7. The summed E-state index contributed by atoms with van der Waals surface area (Å²) in [5.74, 6) is 1.49. The average Bonchev–Trinajstić information content (AvgIpc) is 3.17. The minimum Gasteiger partial charge on any atom is -0.369 e. The van der Waals surface area contributed by atoms with Crippen LogP contribution in [-0.2, 0) is 0 Å². The summed E-state index contributed by atoms with van der Waals surface area (Å²) in [5, 5.41) is 8.04. The van der Waals surface area contributed by atoms with Crippen LogP contribution in [0.1, 0.15) is 5.69 Å². The van der Waals surface area contributed by atoms with Crippen LogP contribution in [0.5, 0.6) is 0 Å². The number of aromatic amines is 1. The molecule has 1 N–H and O–H groups in total. The number of aromatic nitrogens is 6. The average molecular weight is 358 g/mol. The molecule has 5 rings (SSSR count). The van der Waals surface area contributed by atoms with E-state index >= 15 is 0 Å². The second-order valence-corrected chi connectivity index (χ2v) is 6.60. The maximum Gasteiger partial charge on any atom is 0.180 e. The van der Waals surface area contributed by atoms with Crippen molar-refractivity contribution >= 4 is 28.2 Å². The Hall–Kier alpha value is -3.55. The number of pyridine rings is 2. The van der Waals surface area contributed by atoms with Gasteiger partial charge in [-0.25, -0.2) is 19.9 Å². The summed E-state index contributed by atoms with van der Waals surface area (Å²) in [6, 6.07) is 7.88. The first-order chi connectivity index (χ1) is 13.2. The highest BCUT2D eigenvalue weighted by Crippen LogP contribution is 2.38. The Morgan fingerprint density at radius 2 is 1.93 bits per heavy atom. The Morgan fingerprint density at radius 3 is 2.81 bits per heavy atom. The van der Waals surface area contributed by atoms with Crippen molar-refractivity contribution in [2.45, 2.75) is 6.92 Å². The molecular formula is C19H18N8. The number of hydrogen-bond donors (Lipinski definition) is 1. The molecule has 8 nitrogen and oxygen atoms in total. The molecule has 0 fully saturated rings. The lowest BCUT2D eigenvalue weighted by atomic mass is 10.2. The van der Waals surface area contributed by atoms with Gasteiger partial charge in [0.25, 0.3) is 0 Å². The molecule has 4 aromatic rings. The highest BCUT2D eigenvalue weighted by atomic mass is 15.3. The van der Waals surface area contributed by atoms with Gasteiger partial charge in [0.15, 0.2) is 17.3 Å². The summed E-state index contributed by atoms with van der Waals surface area (Å²) in [6.07, 6.45) is 5.47. The normalized spacial score (nSPS) is 13.9. The van der Waals surface area contributed by atoms with Crippen LogP contribution in [0, 0.1) is 6.92 Å². The second kappa shape index (κ2) is 6.01. The largest absolute Gasteiger partial charge is 0.369 e. The van der Waals surface area contributed by atoms with E-state index < -0.39 is 0 Å². The van der Waals surface area contributed by atoms with Gasteiger partial charge in [-0.05, 0) is 25.1 Å². The fraction of sp³-hybridized carbons (Fsp3) is 0.211. The summed E-state index contributed by atoms with van der Waals surface area (Å²) in [6.45, 7) is 3.65. The first-order valence-corrected chi connectivity index (χ1v) is 8.78. The zero-order valence-corrected chi connectivity index (χ0v) is 15.1. The summed E-state index contributed by atoms with van der Waals surface area (Å²) in [4.78, 5) is 22.7. The topological polar surface area (TPSA) is 86.7 Å². The first-order valence-electron chi connectivity index (χ1n) is 8.78. The molecule has 134 valence electrons. The Bertz CT molecular complexity index is 1140. The van der Waals surface area contributed by atoms with Gasteiger partial charge in [-0.15, -0.1) is 0 Å². The van der Waals surface area contributed by atoms with E-state index in [0.29, 0.717) is 5.82 Å². The van der Waals surface area contributed by atoms with Gasteiger partial charge in [-0.2, -0.15) is 5.10 Å². The van der Waals surface area contributed by atoms with Crippen molar-refractivity contribution in [1.82, 2.24) is 30.1 Å². The third-order valence-corrected chi connectivity index (χ3v) is 4.82. The van der Waals surface area contributed by atoms with E-state index in [9.17, 15) is 0 Å². The van der Waals surface area contributed by atoms with E-state index in [1.807, 2.05) is 37.4 Å². The molecule has 0 aromatic carbocycles. The lowest BCUT2D eigenvalue weighted by Gasteiger charge is -2.35. The Balaban J connectivity index is 1.68. The predicted octanol–water partition coefficient (Wildman–Crippen LogP) is 2.71. The molecule has 0 spiro atoms. The van der Waals surface area contributed by atoms with E-state index in [0.717, 1.165) is 52.7 Å². The minimum atomic E-state index is 0.621. The lowest BCUT2D eigenvalue weighted by Crippen LogP contribution is -2.37. The predicted molar refractivity (Wildman–Crippen MR) is 104 cm³/mol. The van der Waals surface area contributed by atoms with Crippen LogP contribution < -0.4 is 9.80 Å². The minimum absolute atomic E-state index is 0.621. The molecule has 0 saturated heterocycles. The van der Waals surface area contributed by atoms with Crippen molar-refractivity contribution in [3.63, 3.8) is 0 Å². The second-order valence-electron chi connectivity index (χ2n) is 6.60. The van der Waals surface area contributed by atoms with Gasteiger partial charge in [-0.1, -0.05) is 6.07 Å². The van der Waals surface area contributed by atoms with Crippen molar-refractivity contribution in [1.29, 1.82) is 0 Å². The Labute approximate surface area is 155 Å². The maximum atomic E-state index is 4.88. The zero-order chi connectivity index (χ0) is 18.4. The molecule has 27 heavy (non-hydrogen) atoms. The number of likely N-dealkylation sites (N-methyl/N-ethyl adjacent to an activating group) is 1. The molecule has 5 heterocycles. The van der Waals surface area contributed by atoms with E-state index in [2.05, 4.69) is 42.0 Å². The Morgan fingerprint density at radius 1 is 1.00 bits per heavy atom. The van der Waals surface area contributed by atoms with Gasteiger partial charge >= 0.3 is 0 Å². The quantitative estimate of drug-likeness (QED) is 0.589. The van der Waals surface area contributed by atoms with Gasteiger partial charge in [0.1, 0.15) is 5.69 Å². The van der Waals surface area contributed by atoms with Crippen LogP contribution in [-0.4, -0.2) is 50.3 Å². The Kier molecular flexibility index (Phi) is 3.49. The number of rotatable bonds is 2. The molecule has 0 atom stereocenters. The highest BCUT2D eigenvalue weighted by Gasteiger charge is 2.26. The van der Waals surface area contributed by atoms with Gasteiger partial charge in [-0.3, -0.25) is 5.10 Å². The fourth-order valence-corrected chi connectivity index (χ4v) is 3.41. The van der Waals surface area contributed by atoms with Crippen LogP contribution in [0.4, 0.5) is 17.2 Å². The fourth-order valence-electron chi connectivity index (χ4n) is 3.41. The number of hydrogen-bond acceptors (Lipinski definition) is 7. The van der Waals surface area contributed by atoms with E-state index in [1.165, 1.54) is 0 Å². The molecule has 1 aliphatic heterocycles. The molecule has 0 unspecified atom stereocenters. The molecule has 0 aliphatic carbocycles. The van der Waals surface area contributed by atoms with E-state index in [1.54, 1.807) is 12.4 Å². The van der Waals surface area contributed by atoms with Crippen molar-refractivity contribution in [2.24, 2.45) is 0 Å². The zero-order valence-electron chi connectivity index (χ0n) is 15.1. The number of anilines is 3. The number of H-pyrrole nitrogens is 1. The molecule has 8 heteroatoms. The van der Waals surface area contributed by atoms with Crippen LogP contribution in [0.25, 0.3) is 22.6 Å². The molecule has 0 bridgehead atoms. The molecule has 0 amide bonds. The van der Waals surface area contributed by atoms with Gasteiger partial charge < -0.3 is 9.80 Å². The molecule has 0 saturated carbocycles. The lowest BCUT2D eigenvalue weighted by molar-refractivity contribution is 0.802. The molecule has 1 aliphatic rings. The highest BCUT2D eigenvalue weighted by molar-refractivity contribution is 5.93. The van der Waals surface area contributed by atoms with Crippen molar-refractivity contribution < 1.29 is 0 Å². The number of fused-ring (bicyclic) bond motifs is 2. The number of aryl methyl sites for hydroxylation is 1. The molecular weight excluding hydrogens is 340 g/mol. The summed E-state index contributed by atoms with van der Waals surface area (Å²) in [7, 11) is 2.06. The van der Waals surface area contributed by atoms with Crippen molar-refractivity contribution in [2.75, 3.05) is 29.9 Å².